The lowest BCUT2D eigenvalue weighted by molar-refractivity contribution is 0.106. The van der Waals surface area contributed by atoms with Gasteiger partial charge in [0.25, 0.3) is 5.56 Å². The standard InChI is InChI=1S/C22H18N2O3/c1-22(2)19-18(13-8-10-14(26-3)11-9-13)16(12-23)21(25)24-20(19)15-6-4-5-7-17(15)27-22/h4-11H,1-3H3,(H,24,25). The van der Waals surface area contributed by atoms with E-state index in [0.717, 1.165) is 16.7 Å². The van der Waals surface area contributed by atoms with E-state index in [2.05, 4.69) is 11.1 Å². The molecule has 1 aromatic heterocycles. The van der Waals surface area contributed by atoms with Gasteiger partial charge in [-0.2, -0.15) is 5.26 Å². The highest BCUT2D eigenvalue weighted by Gasteiger charge is 2.37. The maximum absolute atomic E-state index is 12.7. The lowest BCUT2D eigenvalue weighted by Gasteiger charge is -2.36. The summed E-state index contributed by atoms with van der Waals surface area (Å²) in [5.41, 5.74) is 2.60. The molecule has 0 radical (unpaired) electrons. The van der Waals surface area contributed by atoms with Gasteiger partial charge >= 0.3 is 0 Å². The van der Waals surface area contributed by atoms with E-state index in [9.17, 15) is 10.1 Å². The van der Waals surface area contributed by atoms with Crippen molar-refractivity contribution in [3.05, 3.63) is 70.0 Å². The average molecular weight is 358 g/mol. The Morgan fingerprint density at radius 2 is 1.81 bits per heavy atom. The van der Waals surface area contributed by atoms with Crippen molar-refractivity contribution < 1.29 is 9.47 Å². The lowest BCUT2D eigenvalue weighted by Crippen LogP contribution is -2.33. The predicted octanol–water partition coefficient (Wildman–Crippen LogP) is 4.22. The zero-order valence-electron chi connectivity index (χ0n) is 15.3. The molecule has 0 saturated carbocycles. The first-order chi connectivity index (χ1) is 13.0. The number of benzene rings is 2. The van der Waals surface area contributed by atoms with Crippen LogP contribution in [0.2, 0.25) is 0 Å². The number of para-hydroxylation sites is 1. The minimum Gasteiger partial charge on any atom is -0.497 e. The van der Waals surface area contributed by atoms with Gasteiger partial charge < -0.3 is 14.5 Å². The Morgan fingerprint density at radius 3 is 2.48 bits per heavy atom. The number of aromatic amines is 1. The number of methoxy groups -OCH3 is 1. The Kier molecular flexibility index (Phi) is 3.78. The molecule has 1 aliphatic heterocycles. The highest BCUT2D eigenvalue weighted by molar-refractivity contribution is 5.84. The molecule has 0 aliphatic carbocycles. The van der Waals surface area contributed by atoms with E-state index in [0.29, 0.717) is 22.8 Å². The number of nitrogens with one attached hydrogen (secondary N) is 1. The topological polar surface area (TPSA) is 75.1 Å². The molecule has 5 heteroatoms. The number of nitrogens with zero attached hydrogens (tertiary/aromatic N) is 1. The van der Waals surface area contributed by atoms with Crippen LogP contribution in [-0.4, -0.2) is 12.1 Å². The molecule has 1 aliphatic rings. The quantitative estimate of drug-likeness (QED) is 0.744. The molecular weight excluding hydrogens is 340 g/mol. The lowest BCUT2D eigenvalue weighted by atomic mass is 9.82. The van der Waals surface area contributed by atoms with Gasteiger partial charge in [-0.05, 0) is 43.7 Å². The first kappa shape index (κ1) is 16.9. The third kappa shape index (κ3) is 2.58. The van der Waals surface area contributed by atoms with Gasteiger partial charge in [0.1, 0.15) is 28.7 Å². The zero-order valence-corrected chi connectivity index (χ0v) is 15.3. The molecule has 0 spiro atoms. The van der Waals surface area contributed by atoms with Crippen molar-refractivity contribution in [1.82, 2.24) is 4.98 Å². The van der Waals surface area contributed by atoms with E-state index in [4.69, 9.17) is 9.47 Å². The summed E-state index contributed by atoms with van der Waals surface area (Å²) in [5, 5.41) is 9.69. The van der Waals surface area contributed by atoms with Gasteiger partial charge in [0, 0.05) is 16.7 Å². The SMILES string of the molecule is COc1ccc(-c2c3c([nH]c(=O)c2C#N)-c2ccccc2OC3(C)C)cc1. The molecule has 27 heavy (non-hydrogen) atoms. The van der Waals surface area contributed by atoms with Gasteiger partial charge in [0.15, 0.2) is 0 Å². The van der Waals surface area contributed by atoms with Gasteiger partial charge in [0.2, 0.25) is 0 Å². The smallest absolute Gasteiger partial charge is 0.266 e. The second-order valence-electron chi connectivity index (χ2n) is 6.90. The molecule has 1 N–H and O–H groups in total. The number of hydrogen-bond acceptors (Lipinski definition) is 4. The van der Waals surface area contributed by atoms with E-state index in [1.165, 1.54) is 0 Å². The highest BCUT2D eigenvalue weighted by atomic mass is 16.5. The molecule has 0 unspecified atom stereocenters. The molecule has 134 valence electrons. The summed E-state index contributed by atoms with van der Waals surface area (Å²) in [6.07, 6.45) is 0. The van der Waals surface area contributed by atoms with E-state index in [-0.39, 0.29) is 5.56 Å². The molecule has 2 heterocycles. The molecule has 4 rings (SSSR count). The van der Waals surface area contributed by atoms with Crippen LogP contribution in [0.4, 0.5) is 0 Å². The minimum atomic E-state index is -0.727. The van der Waals surface area contributed by atoms with Crippen LogP contribution in [0.25, 0.3) is 22.4 Å². The maximum Gasteiger partial charge on any atom is 0.266 e. The Balaban J connectivity index is 2.12. The second-order valence-corrected chi connectivity index (χ2v) is 6.90. The number of nitriles is 1. The third-order valence-electron chi connectivity index (χ3n) is 4.83. The maximum atomic E-state index is 12.7. The molecule has 5 nitrogen and oxygen atoms in total. The number of hydrogen-bond donors (Lipinski definition) is 1. The summed E-state index contributed by atoms with van der Waals surface area (Å²) >= 11 is 0. The van der Waals surface area contributed by atoms with Crippen molar-refractivity contribution in [3.63, 3.8) is 0 Å². The normalized spacial score (nSPS) is 13.7. The van der Waals surface area contributed by atoms with Gasteiger partial charge in [-0.1, -0.05) is 24.3 Å². The van der Waals surface area contributed by atoms with Crippen molar-refractivity contribution in [2.45, 2.75) is 19.4 Å². The number of aromatic nitrogens is 1. The van der Waals surface area contributed by atoms with Crippen molar-refractivity contribution in [1.29, 1.82) is 5.26 Å². The molecule has 0 atom stereocenters. The molecule has 3 aromatic rings. The Hall–Kier alpha value is -3.52. The number of fused-ring (bicyclic) bond motifs is 3. The fourth-order valence-corrected chi connectivity index (χ4v) is 3.65. The Labute approximate surface area is 156 Å². The molecule has 0 fully saturated rings. The van der Waals surface area contributed by atoms with E-state index in [1.54, 1.807) is 7.11 Å². The van der Waals surface area contributed by atoms with Crippen LogP contribution in [0.15, 0.2) is 53.3 Å². The van der Waals surface area contributed by atoms with E-state index >= 15 is 0 Å². The molecule has 2 aromatic carbocycles. The fraction of sp³-hybridized carbons (Fsp3) is 0.182. The first-order valence-electron chi connectivity index (χ1n) is 8.60. The van der Waals surface area contributed by atoms with Crippen LogP contribution < -0.4 is 15.0 Å². The van der Waals surface area contributed by atoms with Crippen LogP contribution in [0.5, 0.6) is 11.5 Å². The highest BCUT2D eigenvalue weighted by Crippen LogP contribution is 2.47. The van der Waals surface area contributed by atoms with Gasteiger partial charge in [-0.15, -0.1) is 0 Å². The largest absolute Gasteiger partial charge is 0.497 e. The monoisotopic (exact) mass is 358 g/mol. The number of pyridine rings is 1. The van der Waals surface area contributed by atoms with E-state index in [1.807, 2.05) is 62.4 Å². The summed E-state index contributed by atoms with van der Waals surface area (Å²) in [6, 6.07) is 17.0. The van der Waals surface area contributed by atoms with Crippen molar-refractivity contribution in [2.24, 2.45) is 0 Å². The number of ether oxygens (including phenoxy) is 2. The molecule has 0 amide bonds. The fourth-order valence-electron chi connectivity index (χ4n) is 3.65. The first-order valence-corrected chi connectivity index (χ1v) is 8.60. The summed E-state index contributed by atoms with van der Waals surface area (Å²) < 4.78 is 11.5. The van der Waals surface area contributed by atoms with Gasteiger partial charge in [-0.25, -0.2) is 0 Å². The van der Waals surface area contributed by atoms with Crippen LogP contribution in [0.3, 0.4) is 0 Å². The van der Waals surface area contributed by atoms with Crippen molar-refractivity contribution >= 4 is 0 Å². The average Bonchev–Trinajstić information content (AvgIpc) is 2.66. The van der Waals surface area contributed by atoms with Crippen LogP contribution in [-0.2, 0) is 5.60 Å². The number of H-pyrrole nitrogens is 1. The van der Waals surface area contributed by atoms with Crippen molar-refractivity contribution in [2.75, 3.05) is 7.11 Å². The third-order valence-corrected chi connectivity index (χ3v) is 4.83. The zero-order chi connectivity index (χ0) is 19.2. The van der Waals surface area contributed by atoms with Gasteiger partial charge in [0.05, 0.1) is 12.8 Å². The van der Waals surface area contributed by atoms with E-state index < -0.39 is 11.2 Å². The summed E-state index contributed by atoms with van der Waals surface area (Å²) in [7, 11) is 1.60. The van der Waals surface area contributed by atoms with Crippen LogP contribution >= 0.6 is 0 Å². The minimum absolute atomic E-state index is 0.0787. The molecule has 0 bridgehead atoms. The molecular formula is C22H18N2O3. The predicted molar refractivity (Wildman–Crippen MR) is 103 cm³/mol. The Bertz CT molecular complexity index is 1140. The number of rotatable bonds is 2. The van der Waals surface area contributed by atoms with Gasteiger partial charge in [-0.3, -0.25) is 4.79 Å². The summed E-state index contributed by atoms with van der Waals surface area (Å²) in [4.78, 5) is 15.6. The second kappa shape index (κ2) is 6.03. The van der Waals surface area contributed by atoms with Crippen LogP contribution in [0.1, 0.15) is 25.0 Å². The molecule has 0 saturated heterocycles. The van der Waals surface area contributed by atoms with Crippen LogP contribution in [0, 0.1) is 11.3 Å². The van der Waals surface area contributed by atoms with Crippen molar-refractivity contribution in [3.8, 4) is 40.0 Å². The summed E-state index contributed by atoms with van der Waals surface area (Å²) in [5.74, 6) is 1.41. The Morgan fingerprint density at radius 1 is 1.11 bits per heavy atom. The summed E-state index contributed by atoms with van der Waals surface area (Å²) in [6.45, 7) is 3.88.